The Bertz CT molecular complexity index is 612. The maximum Gasteiger partial charge on any atom is 0.247 e. The number of benzene rings is 2. The molecule has 1 amide bonds. The molecule has 5 nitrogen and oxygen atoms in total. The third-order valence-corrected chi connectivity index (χ3v) is 3.37. The monoisotopic (exact) mass is 314 g/mol. The molecular weight excluding hydrogens is 292 g/mol. The molecule has 0 aliphatic rings. The van der Waals surface area contributed by atoms with E-state index in [-0.39, 0.29) is 12.5 Å². The molecule has 2 aromatic carbocycles. The molecule has 0 aliphatic carbocycles. The summed E-state index contributed by atoms with van der Waals surface area (Å²) in [4.78, 5) is 12.5. The molecule has 0 aliphatic heterocycles. The molecule has 0 aromatic heterocycles. The van der Waals surface area contributed by atoms with Gasteiger partial charge in [0.15, 0.2) is 0 Å². The highest BCUT2D eigenvalue weighted by Gasteiger charge is 2.20. The first-order chi connectivity index (χ1) is 11.1. The summed E-state index contributed by atoms with van der Waals surface area (Å²) in [7, 11) is 1.61. The van der Waals surface area contributed by atoms with Gasteiger partial charge in [-0.15, -0.1) is 0 Å². The van der Waals surface area contributed by atoms with Crippen LogP contribution >= 0.6 is 0 Å². The van der Waals surface area contributed by atoms with Crippen LogP contribution in [-0.2, 0) is 4.79 Å². The molecule has 2 atom stereocenters. The zero-order valence-electron chi connectivity index (χ0n) is 13.3. The molecule has 23 heavy (non-hydrogen) atoms. The molecule has 0 spiro atoms. The van der Waals surface area contributed by atoms with Crippen molar-refractivity contribution in [2.75, 3.05) is 19.0 Å². The second-order valence-electron chi connectivity index (χ2n) is 5.31. The third-order valence-electron chi connectivity index (χ3n) is 3.37. The van der Waals surface area contributed by atoms with Crippen LogP contribution in [0.4, 0.5) is 5.69 Å². The second kappa shape index (κ2) is 8.19. The van der Waals surface area contributed by atoms with Crippen molar-refractivity contribution >= 4 is 11.6 Å². The predicted molar refractivity (Wildman–Crippen MR) is 90.5 cm³/mol. The lowest BCUT2D eigenvalue weighted by Crippen LogP contribution is -2.37. The summed E-state index contributed by atoms with van der Waals surface area (Å²) >= 11 is 0. The van der Waals surface area contributed by atoms with Crippen LogP contribution in [0.5, 0.6) is 5.75 Å². The zero-order valence-corrected chi connectivity index (χ0v) is 13.3. The summed E-state index contributed by atoms with van der Waals surface area (Å²) in [6, 6.07) is 16.3. The summed E-state index contributed by atoms with van der Waals surface area (Å²) in [5.74, 6) is 0.568. The quantitative estimate of drug-likeness (QED) is 0.733. The Balaban J connectivity index is 2.17. The van der Waals surface area contributed by atoms with Crippen LogP contribution in [0.15, 0.2) is 54.6 Å². The Morgan fingerprint density at radius 2 is 1.78 bits per heavy atom. The molecule has 0 fully saturated rings. The minimum atomic E-state index is -0.587. The second-order valence-corrected chi connectivity index (χ2v) is 5.31. The van der Waals surface area contributed by atoms with Gasteiger partial charge in [-0.3, -0.25) is 4.79 Å². The minimum absolute atomic E-state index is 0.187. The van der Waals surface area contributed by atoms with Crippen LogP contribution in [0, 0.1) is 0 Å². The van der Waals surface area contributed by atoms with Crippen LogP contribution in [0.25, 0.3) is 0 Å². The van der Waals surface area contributed by atoms with Crippen molar-refractivity contribution in [3.05, 3.63) is 60.2 Å². The van der Waals surface area contributed by atoms with Crippen molar-refractivity contribution in [1.29, 1.82) is 0 Å². The predicted octanol–water partition coefficient (Wildman–Crippen LogP) is 2.35. The Morgan fingerprint density at radius 3 is 2.35 bits per heavy atom. The van der Waals surface area contributed by atoms with Gasteiger partial charge in [0.25, 0.3) is 0 Å². The zero-order chi connectivity index (χ0) is 16.7. The van der Waals surface area contributed by atoms with Gasteiger partial charge in [0.1, 0.15) is 11.8 Å². The maximum absolute atomic E-state index is 12.5. The normalized spacial score (nSPS) is 13.0. The highest BCUT2D eigenvalue weighted by molar-refractivity contribution is 5.86. The van der Waals surface area contributed by atoms with Gasteiger partial charge >= 0.3 is 0 Å². The average molecular weight is 314 g/mol. The summed E-state index contributed by atoms with van der Waals surface area (Å²) in [5, 5.41) is 15.3. The average Bonchev–Trinajstić information content (AvgIpc) is 2.59. The fourth-order valence-electron chi connectivity index (χ4n) is 2.15. The van der Waals surface area contributed by atoms with E-state index in [1.54, 1.807) is 14.0 Å². The van der Waals surface area contributed by atoms with E-state index in [4.69, 9.17) is 4.74 Å². The van der Waals surface area contributed by atoms with E-state index in [9.17, 15) is 9.90 Å². The van der Waals surface area contributed by atoms with Gasteiger partial charge in [-0.25, -0.2) is 0 Å². The van der Waals surface area contributed by atoms with Gasteiger partial charge in [0.2, 0.25) is 5.91 Å². The van der Waals surface area contributed by atoms with Crippen molar-refractivity contribution < 1.29 is 14.6 Å². The standard InChI is InChI=1S/C18H22N2O3/c1-13(21)12-19-18(22)17(14-6-4-3-5-7-14)20-15-8-10-16(23-2)11-9-15/h3-11,13,17,20-21H,12H2,1-2H3,(H,19,22)/t13-,17?/m0/s1. The van der Waals surface area contributed by atoms with Crippen LogP contribution in [0.1, 0.15) is 18.5 Å². The van der Waals surface area contributed by atoms with E-state index < -0.39 is 12.1 Å². The van der Waals surface area contributed by atoms with E-state index in [0.29, 0.717) is 0 Å². The molecule has 0 bridgehead atoms. The van der Waals surface area contributed by atoms with Gasteiger partial charge < -0.3 is 20.5 Å². The lowest BCUT2D eigenvalue weighted by atomic mass is 10.1. The largest absolute Gasteiger partial charge is 0.497 e. The number of aliphatic hydroxyl groups is 1. The van der Waals surface area contributed by atoms with Crippen molar-refractivity contribution in [2.45, 2.75) is 19.1 Å². The molecule has 0 heterocycles. The first kappa shape index (κ1) is 16.8. The van der Waals surface area contributed by atoms with E-state index in [1.807, 2.05) is 54.6 Å². The number of carbonyl (C=O) groups is 1. The van der Waals surface area contributed by atoms with Gasteiger partial charge in [-0.1, -0.05) is 30.3 Å². The number of nitrogens with one attached hydrogen (secondary N) is 2. The fourth-order valence-corrected chi connectivity index (χ4v) is 2.15. The van der Waals surface area contributed by atoms with Crippen LogP contribution in [0.2, 0.25) is 0 Å². The highest BCUT2D eigenvalue weighted by atomic mass is 16.5. The number of ether oxygens (including phenoxy) is 1. The minimum Gasteiger partial charge on any atom is -0.497 e. The van der Waals surface area contributed by atoms with Crippen molar-refractivity contribution in [1.82, 2.24) is 5.32 Å². The first-order valence-corrected chi connectivity index (χ1v) is 7.51. The number of amides is 1. The number of aliphatic hydroxyl groups excluding tert-OH is 1. The van der Waals surface area contributed by atoms with Gasteiger partial charge in [-0.2, -0.15) is 0 Å². The number of anilines is 1. The molecule has 0 saturated heterocycles. The Kier molecular flexibility index (Phi) is 6.00. The number of hydrogen-bond donors (Lipinski definition) is 3. The number of hydrogen-bond acceptors (Lipinski definition) is 4. The molecule has 5 heteroatoms. The van der Waals surface area contributed by atoms with Gasteiger partial charge in [-0.05, 0) is 36.8 Å². The van der Waals surface area contributed by atoms with Crippen molar-refractivity contribution in [3.8, 4) is 5.75 Å². The highest BCUT2D eigenvalue weighted by Crippen LogP contribution is 2.22. The van der Waals surface area contributed by atoms with E-state index in [0.717, 1.165) is 17.0 Å². The summed E-state index contributed by atoms with van der Waals surface area (Å²) in [6.07, 6.45) is -0.587. The number of rotatable bonds is 7. The van der Waals surface area contributed by atoms with Crippen molar-refractivity contribution in [3.63, 3.8) is 0 Å². The van der Waals surface area contributed by atoms with Crippen LogP contribution < -0.4 is 15.4 Å². The fraction of sp³-hybridized carbons (Fsp3) is 0.278. The van der Waals surface area contributed by atoms with Crippen molar-refractivity contribution in [2.24, 2.45) is 0 Å². The molecule has 2 rings (SSSR count). The smallest absolute Gasteiger partial charge is 0.247 e. The van der Waals surface area contributed by atoms with E-state index in [2.05, 4.69) is 10.6 Å². The molecule has 2 aromatic rings. The molecular formula is C18H22N2O3. The van der Waals surface area contributed by atoms with Gasteiger partial charge in [0, 0.05) is 12.2 Å². The third kappa shape index (κ3) is 5.00. The maximum atomic E-state index is 12.5. The lowest BCUT2D eigenvalue weighted by Gasteiger charge is -2.20. The Hall–Kier alpha value is -2.53. The topological polar surface area (TPSA) is 70.6 Å². The summed E-state index contributed by atoms with van der Waals surface area (Å²) < 4.78 is 5.14. The molecule has 1 unspecified atom stereocenters. The molecule has 3 N–H and O–H groups in total. The number of carbonyl (C=O) groups excluding carboxylic acids is 1. The SMILES string of the molecule is COc1ccc(NC(C(=O)NC[C@H](C)O)c2ccccc2)cc1. The van der Waals surface area contributed by atoms with Crippen LogP contribution in [-0.4, -0.2) is 30.8 Å². The summed E-state index contributed by atoms with van der Waals surface area (Å²) in [6.45, 7) is 1.85. The first-order valence-electron chi connectivity index (χ1n) is 7.51. The summed E-state index contributed by atoms with van der Waals surface area (Å²) in [5.41, 5.74) is 1.67. The molecule has 0 radical (unpaired) electrons. The lowest BCUT2D eigenvalue weighted by molar-refractivity contribution is -0.122. The van der Waals surface area contributed by atoms with Gasteiger partial charge in [0.05, 0.1) is 13.2 Å². The van der Waals surface area contributed by atoms with E-state index >= 15 is 0 Å². The molecule has 122 valence electrons. The number of methoxy groups -OCH3 is 1. The molecule has 0 saturated carbocycles. The van der Waals surface area contributed by atoms with E-state index in [1.165, 1.54) is 0 Å². The Labute approximate surface area is 136 Å². The Morgan fingerprint density at radius 1 is 1.13 bits per heavy atom. The van der Waals surface area contributed by atoms with Crippen LogP contribution in [0.3, 0.4) is 0 Å².